The quantitative estimate of drug-likeness (QED) is 0.794. The Kier molecular flexibility index (Phi) is 7.02. The van der Waals surface area contributed by atoms with Crippen molar-refractivity contribution in [2.75, 3.05) is 27.3 Å². The van der Waals surface area contributed by atoms with Gasteiger partial charge in [-0.1, -0.05) is 6.07 Å². The molecule has 0 saturated heterocycles. The van der Waals surface area contributed by atoms with Crippen LogP contribution < -0.4 is 15.2 Å². The van der Waals surface area contributed by atoms with Crippen LogP contribution in [0.2, 0.25) is 0 Å². The van der Waals surface area contributed by atoms with Gasteiger partial charge in [-0.05, 0) is 38.0 Å². The van der Waals surface area contributed by atoms with Gasteiger partial charge in [0.15, 0.2) is 11.5 Å². The Bertz CT molecular complexity index is 459. The van der Waals surface area contributed by atoms with Crippen LogP contribution in [0.25, 0.3) is 0 Å². The number of benzene rings is 1. The van der Waals surface area contributed by atoms with Crippen LogP contribution in [-0.4, -0.2) is 44.2 Å². The lowest BCUT2D eigenvalue weighted by molar-refractivity contribution is -0.129. The topological polar surface area (TPSA) is 64.8 Å². The van der Waals surface area contributed by atoms with Crippen LogP contribution in [0.5, 0.6) is 11.5 Å². The van der Waals surface area contributed by atoms with Gasteiger partial charge in [-0.3, -0.25) is 4.79 Å². The molecule has 0 fully saturated rings. The Morgan fingerprint density at radius 2 is 2.00 bits per heavy atom. The van der Waals surface area contributed by atoms with E-state index < -0.39 is 0 Å². The van der Waals surface area contributed by atoms with Crippen molar-refractivity contribution in [3.63, 3.8) is 0 Å². The summed E-state index contributed by atoms with van der Waals surface area (Å²) in [5.74, 6) is 1.41. The van der Waals surface area contributed by atoms with Crippen LogP contribution in [0.3, 0.4) is 0 Å². The summed E-state index contributed by atoms with van der Waals surface area (Å²) in [5.41, 5.74) is 6.93. The number of hydrogen-bond acceptors (Lipinski definition) is 4. The first-order valence-corrected chi connectivity index (χ1v) is 7.28. The lowest BCUT2D eigenvalue weighted by Crippen LogP contribution is -2.23. The van der Waals surface area contributed by atoms with Crippen LogP contribution in [-0.2, 0) is 11.2 Å². The predicted octanol–water partition coefficient (Wildman–Crippen LogP) is 1.83. The minimum Gasteiger partial charge on any atom is -0.490 e. The molecule has 21 heavy (non-hydrogen) atoms. The van der Waals surface area contributed by atoms with Gasteiger partial charge in [0.25, 0.3) is 0 Å². The van der Waals surface area contributed by atoms with E-state index in [1.807, 2.05) is 32.0 Å². The van der Waals surface area contributed by atoms with Gasteiger partial charge in [-0.15, -0.1) is 0 Å². The fourth-order valence-corrected chi connectivity index (χ4v) is 1.91. The molecule has 2 N–H and O–H groups in total. The number of carbonyl (C=O) groups is 1. The van der Waals surface area contributed by atoms with Crippen molar-refractivity contribution in [2.24, 2.45) is 5.73 Å². The number of rotatable bonds is 8. The number of carbonyl (C=O) groups excluding carboxylic acids is 1. The fourth-order valence-electron chi connectivity index (χ4n) is 1.91. The van der Waals surface area contributed by atoms with Crippen molar-refractivity contribution in [3.8, 4) is 11.5 Å². The Morgan fingerprint density at radius 3 is 2.57 bits per heavy atom. The Hall–Kier alpha value is -1.75. The van der Waals surface area contributed by atoms with E-state index in [1.54, 1.807) is 19.0 Å². The van der Waals surface area contributed by atoms with Crippen molar-refractivity contribution in [2.45, 2.75) is 32.7 Å². The van der Waals surface area contributed by atoms with E-state index in [0.717, 1.165) is 12.0 Å². The molecular weight excluding hydrogens is 268 g/mol. The molecule has 1 rings (SSSR count). The molecule has 0 aliphatic heterocycles. The monoisotopic (exact) mass is 294 g/mol. The first-order valence-electron chi connectivity index (χ1n) is 7.28. The second-order valence-corrected chi connectivity index (χ2v) is 5.28. The van der Waals surface area contributed by atoms with Crippen molar-refractivity contribution in [1.82, 2.24) is 4.90 Å². The van der Waals surface area contributed by atoms with Gasteiger partial charge in [-0.25, -0.2) is 0 Å². The summed E-state index contributed by atoms with van der Waals surface area (Å²) < 4.78 is 11.3. The third-order valence-electron chi connectivity index (χ3n) is 2.94. The molecule has 5 heteroatoms. The minimum absolute atomic E-state index is 0.0431. The van der Waals surface area contributed by atoms with E-state index in [-0.39, 0.29) is 11.9 Å². The van der Waals surface area contributed by atoms with E-state index in [4.69, 9.17) is 15.2 Å². The van der Waals surface area contributed by atoms with Crippen molar-refractivity contribution >= 4 is 5.91 Å². The summed E-state index contributed by atoms with van der Waals surface area (Å²) in [6.45, 7) is 4.80. The average molecular weight is 294 g/mol. The summed E-state index contributed by atoms with van der Waals surface area (Å²) >= 11 is 0. The lowest BCUT2D eigenvalue weighted by atomic mass is 10.1. The maximum atomic E-state index is 11.5. The third kappa shape index (κ3) is 6.04. The molecule has 118 valence electrons. The second kappa shape index (κ2) is 8.52. The van der Waals surface area contributed by atoms with Crippen molar-refractivity contribution in [3.05, 3.63) is 23.8 Å². The van der Waals surface area contributed by atoms with E-state index in [0.29, 0.717) is 31.1 Å². The van der Waals surface area contributed by atoms with E-state index in [1.165, 1.54) is 0 Å². The smallest absolute Gasteiger partial charge is 0.225 e. The summed E-state index contributed by atoms with van der Waals surface area (Å²) in [6.07, 6.45) is 1.14. The number of amides is 1. The second-order valence-electron chi connectivity index (χ2n) is 5.28. The number of nitrogens with zero attached hydrogens (tertiary/aromatic N) is 1. The molecule has 1 aromatic carbocycles. The summed E-state index contributed by atoms with van der Waals surface area (Å²) in [5, 5.41) is 0. The Morgan fingerprint density at radius 1 is 1.29 bits per heavy atom. The number of ether oxygens (including phenoxy) is 2. The maximum Gasteiger partial charge on any atom is 0.225 e. The van der Waals surface area contributed by atoms with Crippen LogP contribution in [0.1, 0.15) is 25.8 Å². The molecular formula is C16H26N2O3. The van der Waals surface area contributed by atoms with Crippen LogP contribution in [0.4, 0.5) is 0 Å². The molecule has 0 heterocycles. The largest absolute Gasteiger partial charge is 0.490 e. The molecule has 0 radical (unpaired) electrons. The van der Waals surface area contributed by atoms with E-state index in [9.17, 15) is 4.79 Å². The van der Waals surface area contributed by atoms with Gasteiger partial charge in [0.05, 0.1) is 19.6 Å². The number of hydrogen-bond donors (Lipinski definition) is 1. The fraction of sp³-hybridized carbons (Fsp3) is 0.562. The van der Waals surface area contributed by atoms with Gasteiger partial charge < -0.3 is 20.1 Å². The summed E-state index contributed by atoms with van der Waals surface area (Å²) in [7, 11) is 3.47. The van der Waals surface area contributed by atoms with Gasteiger partial charge in [0.2, 0.25) is 5.91 Å². The highest BCUT2D eigenvalue weighted by molar-refractivity contribution is 5.75. The SMILES string of the molecule is CCOc1cc(CC(C)N)ccc1OCCC(=O)N(C)C. The Labute approximate surface area is 127 Å². The van der Waals surface area contributed by atoms with Crippen molar-refractivity contribution < 1.29 is 14.3 Å². The molecule has 0 aliphatic rings. The van der Waals surface area contributed by atoms with E-state index >= 15 is 0 Å². The lowest BCUT2D eigenvalue weighted by Gasteiger charge is -2.15. The van der Waals surface area contributed by atoms with E-state index in [2.05, 4.69) is 0 Å². The highest BCUT2D eigenvalue weighted by Gasteiger charge is 2.09. The van der Waals surface area contributed by atoms with Gasteiger partial charge in [-0.2, -0.15) is 0 Å². The summed E-state index contributed by atoms with van der Waals surface area (Å²) in [6, 6.07) is 5.91. The Balaban J connectivity index is 2.69. The van der Waals surface area contributed by atoms with Gasteiger partial charge in [0.1, 0.15) is 0 Å². The average Bonchev–Trinajstić information content (AvgIpc) is 2.40. The first-order chi connectivity index (χ1) is 9.93. The van der Waals surface area contributed by atoms with Crippen LogP contribution in [0, 0.1) is 0 Å². The molecule has 5 nitrogen and oxygen atoms in total. The molecule has 1 amide bonds. The molecule has 0 aliphatic carbocycles. The van der Waals surface area contributed by atoms with Gasteiger partial charge >= 0.3 is 0 Å². The minimum atomic E-state index is 0.0431. The third-order valence-corrected chi connectivity index (χ3v) is 2.94. The predicted molar refractivity (Wildman–Crippen MR) is 83.8 cm³/mol. The molecule has 0 bridgehead atoms. The number of nitrogens with two attached hydrogens (primary N) is 1. The molecule has 0 aromatic heterocycles. The van der Waals surface area contributed by atoms with Crippen molar-refractivity contribution in [1.29, 1.82) is 0 Å². The molecule has 1 unspecified atom stereocenters. The molecule has 1 atom stereocenters. The zero-order chi connectivity index (χ0) is 15.8. The van der Waals surface area contributed by atoms with Crippen LogP contribution >= 0.6 is 0 Å². The van der Waals surface area contributed by atoms with Gasteiger partial charge in [0, 0.05) is 20.1 Å². The molecule has 0 spiro atoms. The first kappa shape index (κ1) is 17.3. The molecule has 1 aromatic rings. The maximum absolute atomic E-state index is 11.5. The zero-order valence-corrected chi connectivity index (χ0v) is 13.4. The normalized spacial score (nSPS) is 11.9. The zero-order valence-electron chi connectivity index (χ0n) is 13.4. The standard InChI is InChI=1S/C16H26N2O3/c1-5-20-15-11-13(10-12(2)17)6-7-14(15)21-9-8-16(19)18(3)4/h6-7,11-12H,5,8-10,17H2,1-4H3. The highest BCUT2D eigenvalue weighted by Crippen LogP contribution is 2.29. The highest BCUT2D eigenvalue weighted by atomic mass is 16.5. The van der Waals surface area contributed by atoms with Crippen LogP contribution in [0.15, 0.2) is 18.2 Å². The summed E-state index contributed by atoms with van der Waals surface area (Å²) in [4.78, 5) is 13.1. The molecule has 0 saturated carbocycles.